The Bertz CT molecular complexity index is 593. The maximum absolute atomic E-state index is 12.0. The fraction of sp³-hybridized carbons (Fsp3) is 0.364. The van der Waals surface area contributed by atoms with Crippen LogP contribution in [0.5, 0.6) is 5.75 Å². The molecule has 0 amide bonds. The van der Waals surface area contributed by atoms with Crippen LogP contribution in [0.2, 0.25) is 0 Å². The van der Waals surface area contributed by atoms with Gasteiger partial charge in [-0.05, 0) is 31.0 Å². The highest BCUT2D eigenvalue weighted by atomic mass is 32.2. The van der Waals surface area contributed by atoms with Crippen molar-refractivity contribution in [2.24, 2.45) is 0 Å². The van der Waals surface area contributed by atoms with Gasteiger partial charge in [0.25, 0.3) is 0 Å². The number of aromatic carboxylic acids is 1. The van der Waals surface area contributed by atoms with Gasteiger partial charge in [0.1, 0.15) is 11.3 Å². The van der Waals surface area contributed by atoms with Crippen LogP contribution in [-0.4, -0.2) is 42.0 Å². The number of benzene rings is 1. The molecule has 1 aromatic carbocycles. The lowest BCUT2D eigenvalue weighted by molar-refractivity contribution is 0.0694. The Kier molecular flexibility index (Phi) is 3.63. The summed E-state index contributed by atoms with van der Waals surface area (Å²) in [4.78, 5) is 10.8. The smallest absolute Gasteiger partial charge is 0.339 e. The molecule has 0 aliphatic carbocycles. The lowest BCUT2D eigenvalue weighted by Gasteiger charge is -2.17. The summed E-state index contributed by atoms with van der Waals surface area (Å²) in [5.41, 5.74) is -0.233. The van der Waals surface area contributed by atoms with E-state index in [9.17, 15) is 18.3 Å². The number of carboxylic acids is 1. The zero-order chi connectivity index (χ0) is 14.0. The molecule has 0 aromatic heterocycles. The van der Waals surface area contributed by atoms with Gasteiger partial charge in [-0.1, -0.05) is 0 Å². The molecule has 1 fully saturated rings. The summed E-state index contributed by atoms with van der Waals surface area (Å²) < 4.78 is 27.6. The quantitative estimate of drug-likeness (QED) is 0.711. The van der Waals surface area contributed by atoms with E-state index in [1.54, 1.807) is 0 Å². The molecule has 3 N–H and O–H groups in total. The number of carbonyl (C=O) groups is 1. The van der Waals surface area contributed by atoms with E-state index in [-0.39, 0.29) is 11.3 Å². The Balaban J connectivity index is 2.23. The van der Waals surface area contributed by atoms with Crippen molar-refractivity contribution in [3.05, 3.63) is 23.8 Å². The second kappa shape index (κ2) is 5.06. The summed E-state index contributed by atoms with van der Waals surface area (Å²) in [6, 6.07) is 3.55. The average molecular weight is 286 g/mol. The molecule has 1 aliphatic heterocycles. The lowest BCUT2D eigenvalue weighted by atomic mass is 10.2. The predicted octanol–water partition coefficient (Wildman–Crippen LogP) is 0.843. The third-order valence-electron chi connectivity index (χ3n) is 2.88. The Morgan fingerprint density at radius 2 is 1.89 bits per heavy atom. The molecule has 0 bridgehead atoms. The molecular formula is C11H14N2O5S. The first-order valence-electron chi connectivity index (χ1n) is 5.74. The highest BCUT2D eigenvalue weighted by molar-refractivity contribution is 7.90. The van der Waals surface area contributed by atoms with Crippen LogP contribution in [0.4, 0.5) is 5.69 Å². The molecule has 2 rings (SSSR count). The SMILES string of the molecule is O=C(O)c1cc(NS(=O)(=O)N2CCCC2)ccc1O. The number of hydrogen-bond donors (Lipinski definition) is 3. The summed E-state index contributed by atoms with van der Waals surface area (Å²) in [6.45, 7) is 0.915. The van der Waals surface area contributed by atoms with Crippen molar-refractivity contribution in [1.82, 2.24) is 4.31 Å². The molecule has 1 aliphatic rings. The van der Waals surface area contributed by atoms with Gasteiger partial charge in [0.15, 0.2) is 0 Å². The number of rotatable bonds is 4. The van der Waals surface area contributed by atoms with Crippen LogP contribution in [0.3, 0.4) is 0 Å². The van der Waals surface area contributed by atoms with Crippen LogP contribution in [0, 0.1) is 0 Å². The molecular weight excluding hydrogens is 272 g/mol. The maximum Gasteiger partial charge on any atom is 0.339 e. The fourth-order valence-electron chi connectivity index (χ4n) is 1.91. The summed E-state index contributed by atoms with van der Waals surface area (Å²) >= 11 is 0. The third-order valence-corrected chi connectivity index (χ3v) is 4.42. The van der Waals surface area contributed by atoms with Crippen LogP contribution in [0.25, 0.3) is 0 Å². The minimum atomic E-state index is -3.66. The van der Waals surface area contributed by atoms with Gasteiger partial charge in [-0.2, -0.15) is 12.7 Å². The standard InChI is InChI=1S/C11H14N2O5S/c14-10-4-3-8(7-9(10)11(15)16)12-19(17,18)13-5-1-2-6-13/h3-4,7,12,14H,1-2,5-6H2,(H,15,16). The fourth-order valence-corrected chi connectivity index (χ4v) is 3.21. The van der Waals surface area contributed by atoms with E-state index in [2.05, 4.69) is 4.72 Å². The van der Waals surface area contributed by atoms with E-state index in [0.717, 1.165) is 25.0 Å². The highest BCUT2D eigenvalue weighted by Crippen LogP contribution is 2.23. The predicted molar refractivity (Wildman–Crippen MR) is 68.4 cm³/mol. The molecule has 8 heteroatoms. The first kappa shape index (κ1) is 13.6. The zero-order valence-electron chi connectivity index (χ0n) is 10.0. The van der Waals surface area contributed by atoms with Crippen molar-refractivity contribution in [2.75, 3.05) is 17.8 Å². The number of carboxylic acid groups (broad SMARTS) is 1. The van der Waals surface area contributed by atoms with Crippen molar-refractivity contribution >= 4 is 21.9 Å². The van der Waals surface area contributed by atoms with Gasteiger partial charge in [-0.25, -0.2) is 4.79 Å². The van der Waals surface area contributed by atoms with Gasteiger partial charge < -0.3 is 10.2 Å². The number of anilines is 1. The molecule has 1 aromatic rings. The van der Waals surface area contributed by atoms with E-state index in [1.165, 1.54) is 10.4 Å². The van der Waals surface area contributed by atoms with Crippen LogP contribution in [-0.2, 0) is 10.2 Å². The van der Waals surface area contributed by atoms with Crippen molar-refractivity contribution in [3.63, 3.8) is 0 Å². The normalized spacial score (nSPS) is 16.4. The first-order chi connectivity index (χ1) is 8.90. The van der Waals surface area contributed by atoms with Crippen molar-refractivity contribution < 1.29 is 23.4 Å². The van der Waals surface area contributed by atoms with E-state index in [0.29, 0.717) is 13.1 Å². The second-order valence-electron chi connectivity index (χ2n) is 4.25. The zero-order valence-corrected chi connectivity index (χ0v) is 10.9. The van der Waals surface area contributed by atoms with Gasteiger partial charge in [0.05, 0.1) is 5.69 Å². The van der Waals surface area contributed by atoms with E-state index < -0.39 is 21.9 Å². The molecule has 0 unspecified atom stereocenters. The Morgan fingerprint density at radius 1 is 1.26 bits per heavy atom. The number of nitrogens with one attached hydrogen (secondary N) is 1. The van der Waals surface area contributed by atoms with E-state index in [1.807, 2.05) is 0 Å². The third kappa shape index (κ3) is 2.96. The topological polar surface area (TPSA) is 107 Å². The van der Waals surface area contributed by atoms with Gasteiger partial charge in [-0.15, -0.1) is 0 Å². The molecule has 0 spiro atoms. The van der Waals surface area contributed by atoms with Crippen LogP contribution in [0.1, 0.15) is 23.2 Å². The van der Waals surface area contributed by atoms with Crippen LogP contribution in [0.15, 0.2) is 18.2 Å². The molecule has 1 heterocycles. The molecule has 7 nitrogen and oxygen atoms in total. The highest BCUT2D eigenvalue weighted by Gasteiger charge is 2.25. The maximum atomic E-state index is 12.0. The average Bonchev–Trinajstić information content (AvgIpc) is 2.85. The van der Waals surface area contributed by atoms with Crippen molar-refractivity contribution in [2.45, 2.75) is 12.8 Å². The summed E-state index contributed by atoms with van der Waals surface area (Å²) in [6.07, 6.45) is 1.63. The van der Waals surface area contributed by atoms with Crippen molar-refractivity contribution in [1.29, 1.82) is 0 Å². The summed E-state index contributed by atoms with van der Waals surface area (Å²) in [5.74, 6) is -1.73. The molecule has 104 valence electrons. The van der Waals surface area contributed by atoms with Gasteiger partial charge in [0.2, 0.25) is 0 Å². The Labute approximate surface area is 110 Å². The molecule has 1 saturated heterocycles. The van der Waals surface area contributed by atoms with Crippen LogP contribution >= 0.6 is 0 Å². The number of aromatic hydroxyl groups is 1. The largest absolute Gasteiger partial charge is 0.507 e. The molecule has 0 saturated carbocycles. The van der Waals surface area contributed by atoms with E-state index in [4.69, 9.17) is 5.11 Å². The summed E-state index contributed by atoms with van der Waals surface area (Å²) in [5, 5.41) is 18.2. The van der Waals surface area contributed by atoms with Gasteiger partial charge >= 0.3 is 16.2 Å². The number of hydrogen-bond acceptors (Lipinski definition) is 4. The van der Waals surface area contributed by atoms with Crippen molar-refractivity contribution in [3.8, 4) is 5.75 Å². The monoisotopic (exact) mass is 286 g/mol. The Hall–Kier alpha value is -1.80. The number of nitrogens with zero attached hydrogens (tertiary/aromatic N) is 1. The molecule has 0 atom stereocenters. The van der Waals surface area contributed by atoms with E-state index >= 15 is 0 Å². The first-order valence-corrected chi connectivity index (χ1v) is 7.18. The molecule has 0 radical (unpaired) electrons. The van der Waals surface area contributed by atoms with Gasteiger partial charge in [-0.3, -0.25) is 4.72 Å². The molecule has 19 heavy (non-hydrogen) atoms. The Morgan fingerprint density at radius 3 is 2.47 bits per heavy atom. The van der Waals surface area contributed by atoms with Gasteiger partial charge in [0, 0.05) is 13.1 Å². The minimum Gasteiger partial charge on any atom is -0.507 e. The minimum absolute atomic E-state index is 0.113. The number of phenols is 1. The lowest BCUT2D eigenvalue weighted by Crippen LogP contribution is -2.33. The summed E-state index contributed by atoms with van der Waals surface area (Å²) in [7, 11) is -3.66. The van der Waals surface area contributed by atoms with Crippen LogP contribution < -0.4 is 4.72 Å². The second-order valence-corrected chi connectivity index (χ2v) is 5.92.